The highest BCUT2D eigenvalue weighted by molar-refractivity contribution is 6.32. The van der Waals surface area contributed by atoms with E-state index < -0.39 is 11.4 Å². The Morgan fingerprint density at radius 2 is 1.89 bits per heavy atom. The third kappa shape index (κ3) is 3.67. The summed E-state index contributed by atoms with van der Waals surface area (Å²) in [6, 6.07) is 3.30. The van der Waals surface area contributed by atoms with Gasteiger partial charge in [-0.1, -0.05) is 11.6 Å². The van der Waals surface area contributed by atoms with Gasteiger partial charge in [-0.3, -0.25) is 4.79 Å². The largest absolute Gasteiger partial charge is 0.495 e. The fourth-order valence-electron chi connectivity index (χ4n) is 1.39. The van der Waals surface area contributed by atoms with Gasteiger partial charge >= 0.3 is 5.97 Å². The molecule has 0 aliphatic heterocycles. The van der Waals surface area contributed by atoms with Crippen LogP contribution in [0.15, 0.2) is 12.1 Å². The van der Waals surface area contributed by atoms with Gasteiger partial charge in [-0.2, -0.15) is 0 Å². The minimum Gasteiger partial charge on any atom is -0.495 e. The van der Waals surface area contributed by atoms with Gasteiger partial charge in [0.1, 0.15) is 11.5 Å². The Hall–Kier alpha value is -1.62. The highest BCUT2D eigenvalue weighted by Gasteiger charge is 2.27. The molecule has 0 amide bonds. The number of ether oxygens (including phenoxy) is 2. The fraction of sp³-hybridized carbons (Fsp3) is 0.462. The van der Waals surface area contributed by atoms with Crippen LogP contribution in [-0.4, -0.2) is 31.8 Å². The molecule has 0 spiro atoms. The maximum absolute atomic E-state index is 11.0. The molecule has 2 N–H and O–H groups in total. The van der Waals surface area contributed by atoms with E-state index in [2.05, 4.69) is 5.32 Å². The first-order chi connectivity index (χ1) is 8.81. The Labute approximate surface area is 117 Å². The number of methoxy groups -OCH3 is 2. The van der Waals surface area contributed by atoms with Gasteiger partial charge in [0.15, 0.2) is 0 Å². The van der Waals surface area contributed by atoms with Crippen LogP contribution in [0.5, 0.6) is 11.5 Å². The third-order valence-corrected chi connectivity index (χ3v) is 3.07. The van der Waals surface area contributed by atoms with E-state index in [-0.39, 0.29) is 6.54 Å². The topological polar surface area (TPSA) is 67.8 Å². The molecule has 0 aliphatic carbocycles. The van der Waals surface area contributed by atoms with Gasteiger partial charge in [-0.05, 0) is 19.9 Å². The Bertz CT molecular complexity index is 474. The number of aliphatic carboxylic acids is 1. The third-order valence-electron chi connectivity index (χ3n) is 2.77. The van der Waals surface area contributed by atoms with Crippen LogP contribution in [0.25, 0.3) is 0 Å². The number of halogens is 1. The van der Waals surface area contributed by atoms with Crippen molar-refractivity contribution < 1.29 is 19.4 Å². The number of rotatable bonds is 6. The van der Waals surface area contributed by atoms with Gasteiger partial charge in [0.2, 0.25) is 0 Å². The molecule has 1 rings (SSSR count). The summed E-state index contributed by atoms with van der Waals surface area (Å²) in [5.74, 6) is 0.169. The molecule has 0 heterocycles. The number of benzene rings is 1. The second kappa shape index (κ2) is 6.02. The average molecular weight is 288 g/mol. The van der Waals surface area contributed by atoms with Gasteiger partial charge in [0.25, 0.3) is 0 Å². The molecule has 1 aromatic carbocycles. The predicted octanol–water partition coefficient (Wildman–Crippen LogP) is 2.88. The molecule has 0 atom stereocenters. The molecule has 0 fully saturated rings. The second-order valence-electron chi connectivity index (χ2n) is 4.73. The number of nitrogens with one attached hydrogen (secondary N) is 1. The molecular weight excluding hydrogens is 270 g/mol. The van der Waals surface area contributed by atoms with Crippen LogP contribution in [0, 0.1) is 5.41 Å². The Kier molecular flexibility index (Phi) is 4.89. The number of carboxylic acids is 1. The summed E-state index contributed by atoms with van der Waals surface area (Å²) in [5, 5.41) is 12.5. The van der Waals surface area contributed by atoms with E-state index in [1.165, 1.54) is 14.2 Å². The molecular formula is C13H18ClNO4. The Balaban J connectivity index is 2.95. The van der Waals surface area contributed by atoms with E-state index in [0.717, 1.165) is 0 Å². The summed E-state index contributed by atoms with van der Waals surface area (Å²) >= 11 is 6.03. The smallest absolute Gasteiger partial charge is 0.310 e. The highest BCUT2D eigenvalue weighted by atomic mass is 35.5. The maximum Gasteiger partial charge on any atom is 0.310 e. The molecule has 5 nitrogen and oxygen atoms in total. The lowest BCUT2D eigenvalue weighted by Gasteiger charge is -2.21. The predicted molar refractivity (Wildman–Crippen MR) is 74.5 cm³/mol. The standard InChI is InChI=1S/C13H18ClNO4/c1-13(2,12(16)17)7-15-9-5-8(14)10(18-3)6-11(9)19-4/h5-6,15H,7H2,1-4H3,(H,16,17). The van der Waals surface area contributed by atoms with E-state index >= 15 is 0 Å². The van der Waals surface area contributed by atoms with Gasteiger partial charge in [0.05, 0.1) is 30.3 Å². The number of anilines is 1. The van der Waals surface area contributed by atoms with Crippen LogP contribution in [0.2, 0.25) is 5.02 Å². The first-order valence-electron chi connectivity index (χ1n) is 5.70. The molecule has 1 aromatic rings. The molecule has 0 aromatic heterocycles. The molecule has 0 saturated heterocycles. The van der Waals surface area contributed by atoms with E-state index in [9.17, 15) is 4.79 Å². The van der Waals surface area contributed by atoms with Gasteiger partial charge < -0.3 is 19.9 Å². The zero-order valence-corrected chi connectivity index (χ0v) is 12.2. The summed E-state index contributed by atoms with van der Waals surface area (Å²) in [5.41, 5.74) is -0.264. The first-order valence-corrected chi connectivity index (χ1v) is 6.08. The van der Waals surface area contributed by atoms with Crippen LogP contribution in [0.3, 0.4) is 0 Å². The zero-order valence-electron chi connectivity index (χ0n) is 11.4. The minimum atomic E-state index is -0.891. The number of carboxylic acid groups (broad SMARTS) is 1. The molecule has 19 heavy (non-hydrogen) atoms. The number of carbonyl (C=O) groups is 1. The summed E-state index contributed by atoms with van der Waals surface area (Å²) in [7, 11) is 3.04. The maximum atomic E-state index is 11.0. The summed E-state index contributed by atoms with van der Waals surface area (Å²) in [4.78, 5) is 11.0. The summed E-state index contributed by atoms with van der Waals surface area (Å²) < 4.78 is 10.3. The normalized spacial score (nSPS) is 11.0. The average Bonchev–Trinajstić information content (AvgIpc) is 2.36. The number of hydrogen-bond acceptors (Lipinski definition) is 4. The quantitative estimate of drug-likeness (QED) is 0.842. The van der Waals surface area contributed by atoms with E-state index in [1.54, 1.807) is 26.0 Å². The van der Waals surface area contributed by atoms with Crippen molar-refractivity contribution in [3.63, 3.8) is 0 Å². The van der Waals surface area contributed by atoms with Crippen LogP contribution in [0.1, 0.15) is 13.8 Å². The zero-order chi connectivity index (χ0) is 14.6. The van der Waals surface area contributed by atoms with Crippen LogP contribution >= 0.6 is 11.6 Å². The van der Waals surface area contributed by atoms with Crippen molar-refractivity contribution >= 4 is 23.3 Å². The molecule has 106 valence electrons. The molecule has 0 saturated carbocycles. The lowest BCUT2D eigenvalue weighted by Crippen LogP contribution is -2.31. The van der Waals surface area contributed by atoms with Crippen LogP contribution in [-0.2, 0) is 4.79 Å². The minimum absolute atomic E-state index is 0.251. The molecule has 0 aliphatic rings. The van der Waals surface area contributed by atoms with Crippen LogP contribution in [0.4, 0.5) is 5.69 Å². The number of hydrogen-bond donors (Lipinski definition) is 2. The summed E-state index contributed by atoms with van der Waals surface area (Å²) in [6.45, 7) is 3.53. The lowest BCUT2D eigenvalue weighted by atomic mass is 9.94. The van der Waals surface area contributed by atoms with Crippen molar-refractivity contribution in [1.82, 2.24) is 0 Å². The fourth-order valence-corrected chi connectivity index (χ4v) is 1.63. The van der Waals surface area contributed by atoms with E-state index in [4.69, 9.17) is 26.2 Å². The van der Waals surface area contributed by atoms with Crippen molar-refractivity contribution in [1.29, 1.82) is 0 Å². The van der Waals surface area contributed by atoms with E-state index in [0.29, 0.717) is 22.2 Å². The van der Waals surface area contributed by atoms with Crippen molar-refractivity contribution in [2.75, 3.05) is 26.1 Å². The highest BCUT2D eigenvalue weighted by Crippen LogP contribution is 2.36. The Morgan fingerprint density at radius 3 is 2.37 bits per heavy atom. The molecule has 0 radical (unpaired) electrons. The molecule has 6 heteroatoms. The first kappa shape index (κ1) is 15.4. The lowest BCUT2D eigenvalue weighted by molar-refractivity contribution is -0.146. The van der Waals surface area contributed by atoms with Crippen molar-refractivity contribution in [2.45, 2.75) is 13.8 Å². The molecule has 0 bridgehead atoms. The van der Waals surface area contributed by atoms with Crippen molar-refractivity contribution in [2.24, 2.45) is 5.41 Å². The van der Waals surface area contributed by atoms with Crippen LogP contribution < -0.4 is 14.8 Å². The van der Waals surface area contributed by atoms with Gasteiger partial charge in [0, 0.05) is 12.6 Å². The van der Waals surface area contributed by atoms with Gasteiger partial charge in [-0.15, -0.1) is 0 Å². The Morgan fingerprint density at radius 1 is 1.32 bits per heavy atom. The van der Waals surface area contributed by atoms with Crippen molar-refractivity contribution in [3.8, 4) is 11.5 Å². The monoisotopic (exact) mass is 287 g/mol. The van der Waals surface area contributed by atoms with E-state index in [1.807, 2.05) is 0 Å². The van der Waals surface area contributed by atoms with Crippen molar-refractivity contribution in [3.05, 3.63) is 17.2 Å². The SMILES string of the molecule is COc1cc(OC)c(NCC(C)(C)C(=O)O)cc1Cl. The second-order valence-corrected chi connectivity index (χ2v) is 5.14. The van der Waals surface area contributed by atoms with Gasteiger partial charge in [-0.25, -0.2) is 0 Å². The summed E-state index contributed by atoms with van der Waals surface area (Å²) in [6.07, 6.45) is 0. The molecule has 0 unspecified atom stereocenters.